The van der Waals surface area contributed by atoms with Crippen LogP contribution in [0.5, 0.6) is 0 Å². The fourth-order valence-electron chi connectivity index (χ4n) is 2.97. The van der Waals surface area contributed by atoms with Gasteiger partial charge in [-0.05, 0) is 43.9 Å². The first-order valence-electron chi connectivity index (χ1n) is 7.34. The normalized spacial score (nSPS) is 23.1. The van der Waals surface area contributed by atoms with E-state index in [9.17, 15) is 4.39 Å². The Morgan fingerprint density at radius 2 is 2.00 bits per heavy atom. The standard InChI is InChI=1S/C15H21FN4/c16-7-8-17-12-1-3-13(4-2-12)19-14-5-6-15-11(9-14)10-18-20-15/h5-6,9-10,12-13,17,19H,1-4,7-8H2,(H,18,20). The molecule has 1 aromatic carbocycles. The zero-order valence-electron chi connectivity index (χ0n) is 11.5. The van der Waals surface area contributed by atoms with Crippen LogP contribution in [0, 0.1) is 0 Å². The molecular weight excluding hydrogens is 255 g/mol. The minimum absolute atomic E-state index is 0.275. The molecule has 1 fully saturated rings. The van der Waals surface area contributed by atoms with Crippen LogP contribution in [0.25, 0.3) is 10.9 Å². The molecule has 0 atom stereocenters. The van der Waals surface area contributed by atoms with Gasteiger partial charge in [0.15, 0.2) is 0 Å². The molecule has 0 bridgehead atoms. The zero-order valence-corrected chi connectivity index (χ0v) is 11.5. The molecule has 1 heterocycles. The summed E-state index contributed by atoms with van der Waals surface area (Å²) in [4.78, 5) is 0. The van der Waals surface area contributed by atoms with Crippen LogP contribution in [0.1, 0.15) is 25.7 Å². The number of nitrogens with one attached hydrogen (secondary N) is 3. The Labute approximate surface area is 118 Å². The highest BCUT2D eigenvalue weighted by Crippen LogP contribution is 2.24. The Bertz CT molecular complexity index is 546. The molecule has 0 amide bonds. The Kier molecular flexibility index (Phi) is 4.16. The molecule has 1 aromatic heterocycles. The van der Waals surface area contributed by atoms with Gasteiger partial charge in [0.1, 0.15) is 6.67 Å². The van der Waals surface area contributed by atoms with Crippen molar-refractivity contribution in [3.05, 3.63) is 24.4 Å². The minimum Gasteiger partial charge on any atom is -0.382 e. The predicted molar refractivity (Wildman–Crippen MR) is 79.7 cm³/mol. The summed E-state index contributed by atoms with van der Waals surface area (Å²) >= 11 is 0. The van der Waals surface area contributed by atoms with Gasteiger partial charge in [0.2, 0.25) is 0 Å². The summed E-state index contributed by atoms with van der Waals surface area (Å²) in [5.41, 5.74) is 2.22. The lowest BCUT2D eigenvalue weighted by Gasteiger charge is -2.30. The van der Waals surface area contributed by atoms with Gasteiger partial charge in [0.05, 0.1) is 11.7 Å². The van der Waals surface area contributed by atoms with E-state index in [1.807, 2.05) is 6.20 Å². The molecule has 5 heteroatoms. The van der Waals surface area contributed by atoms with E-state index in [0.29, 0.717) is 18.6 Å². The molecule has 0 aliphatic heterocycles. The molecule has 20 heavy (non-hydrogen) atoms. The summed E-state index contributed by atoms with van der Waals surface area (Å²) < 4.78 is 12.1. The zero-order chi connectivity index (χ0) is 13.8. The molecule has 3 rings (SSSR count). The van der Waals surface area contributed by atoms with Crippen molar-refractivity contribution in [2.45, 2.75) is 37.8 Å². The summed E-state index contributed by atoms with van der Waals surface area (Å²) in [7, 11) is 0. The highest BCUT2D eigenvalue weighted by Gasteiger charge is 2.20. The molecule has 4 nitrogen and oxygen atoms in total. The van der Waals surface area contributed by atoms with Gasteiger partial charge in [-0.15, -0.1) is 0 Å². The van der Waals surface area contributed by atoms with Gasteiger partial charge < -0.3 is 10.6 Å². The number of H-pyrrole nitrogens is 1. The molecule has 108 valence electrons. The number of rotatable bonds is 5. The molecule has 1 saturated carbocycles. The number of fused-ring (bicyclic) bond motifs is 1. The second-order valence-electron chi connectivity index (χ2n) is 5.51. The molecule has 2 aromatic rings. The van der Waals surface area contributed by atoms with Crippen molar-refractivity contribution >= 4 is 16.6 Å². The number of anilines is 1. The predicted octanol–water partition coefficient (Wildman–Crippen LogP) is 2.85. The largest absolute Gasteiger partial charge is 0.382 e. The minimum atomic E-state index is -0.275. The maximum atomic E-state index is 12.1. The van der Waals surface area contributed by atoms with E-state index >= 15 is 0 Å². The average molecular weight is 276 g/mol. The number of alkyl halides is 1. The number of aromatic amines is 1. The molecule has 1 aliphatic rings. The first-order valence-corrected chi connectivity index (χ1v) is 7.34. The highest BCUT2D eigenvalue weighted by molar-refractivity contribution is 5.81. The van der Waals surface area contributed by atoms with E-state index in [0.717, 1.165) is 42.3 Å². The van der Waals surface area contributed by atoms with Crippen LogP contribution >= 0.6 is 0 Å². The van der Waals surface area contributed by atoms with Crippen LogP contribution in [0.4, 0.5) is 10.1 Å². The van der Waals surface area contributed by atoms with Crippen LogP contribution in [0.2, 0.25) is 0 Å². The summed E-state index contributed by atoms with van der Waals surface area (Å²) in [5, 5.41) is 15.0. The van der Waals surface area contributed by atoms with Gasteiger partial charge in [0.25, 0.3) is 0 Å². The van der Waals surface area contributed by atoms with Gasteiger partial charge in [-0.3, -0.25) is 5.10 Å². The van der Waals surface area contributed by atoms with Gasteiger partial charge in [-0.25, -0.2) is 4.39 Å². The molecule has 0 radical (unpaired) electrons. The van der Waals surface area contributed by atoms with E-state index in [1.165, 1.54) is 0 Å². The number of hydrogen-bond donors (Lipinski definition) is 3. The van der Waals surface area contributed by atoms with Crippen LogP contribution in [-0.4, -0.2) is 35.5 Å². The molecule has 0 unspecified atom stereocenters. The van der Waals surface area contributed by atoms with Crippen LogP contribution in [-0.2, 0) is 0 Å². The molecule has 0 spiro atoms. The van der Waals surface area contributed by atoms with E-state index in [2.05, 4.69) is 39.0 Å². The van der Waals surface area contributed by atoms with Crippen molar-refractivity contribution in [1.82, 2.24) is 15.5 Å². The first-order chi connectivity index (χ1) is 9.85. The number of nitrogens with zero attached hydrogens (tertiary/aromatic N) is 1. The SMILES string of the molecule is FCCNC1CCC(Nc2ccc3[nH]ncc3c2)CC1. The molecule has 1 aliphatic carbocycles. The Hall–Kier alpha value is -1.62. The first kappa shape index (κ1) is 13.4. The van der Waals surface area contributed by atoms with Crippen molar-refractivity contribution in [1.29, 1.82) is 0 Å². The molecule has 0 saturated heterocycles. The lowest BCUT2D eigenvalue weighted by molar-refractivity contribution is 0.339. The van der Waals surface area contributed by atoms with Crippen molar-refractivity contribution in [2.24, 2.45) is 0 Å². The van der Waals surface area contributed by atoms with Gasteiger partial charge in [-0.2, -0.15) is 5.10 Å². The molecular formula is C15H21FN4. The monoisotopic (exact) mass is 276 g/mol. The lowest BCUT2D eigenvalue weighted by atomic mass is 9.91. The maximum absolute atomic E-state index is 12.1. The third kappa shape index (κ3) is 3.10. The fourth-order valence-corrected chi connectivity index (χ4v) is 2.97. The lowest BCUT2D eigenvalue weighted by Crippen LogP contribution is -2.37. The van der Waals surface area contributed by atoms with E-state index < -0.39 is 0 Å². The average Bonchev–Trinajstić information content (AvgIpc) is 2.94. The second kappa shape index (κ2) is 6.22. The van der Waals surface area contributed by atoms with Crippen LogP contribution in [0.15, 0.2) is 24.4 Å². The van der Waals surface area contributed by atoms with Gasteiger partial charge >= 0.3 is 0 Å². The van der Waals surface area contributed by atoms with Crippen molar-refractivity contribution in [2.75, 3.05) is 18.5 Å². The topological polar surface area (TPSA) is 52.7 Å². The highest BCUT2D eigenvalue weighted by atomic mass is 19.1. The van der Waals surface area contributed by atoms with E-state index in [1.54, 1.807) is 0 Å². The number of hydrogen-bond acceptors (Lipinski definition) is 3. The second-order valence-corrected chi connectivity index (χ2v) is 5.51. The third-order valence-electron chi connectivity index (χ3n) is 4.07. The van der Waals surface area contributed by atoms with E-state index in [-0.39, 0.29) is 6.67 Å². The van der Waals surface area contributed by atoms with Crippen LogP contribution < -0.4 is 10.6 Å². The van der Waals surface area contributed by atoms with Crippen molar-refractivity contribution < 1.29 is 4.39 Å². The quantitative estimate of drug-likeness (QED) is 0.787. The van der Waals surface area contributed by atoms with E-state index in [4.69, 9.17) is 0 Å². The van der Waals surface area contributed by atoms with Crippen LogP contribution in [0.3, 0.4) is 0 Å². The van der Waals surface area contributed by atoms with Crippen molar-refractivity contribution in [3.63, 3.8) is 0 Å². The summed E-state index contributed by atoms with van der Waals surface area (Å²) in [5.74, 6) is 0. The Morgan fingerprint density at radius 3 is 2.80 bits per heavy atom. The van der Waals surface area contributed by atoms with Crippen molar-refractivity contribution in [3.8, 4) is 0 Å². The summed E-state index contributed by atoms with van der Waals surface area (Å²) in [6, 6.07) is 7.28. The number of halogens is 1. The Morgan fingerprint density at radius 1 is 1.20 bits per heavy atom. The fraction of sp³-hybridized carbons (Fsp3) is 0.533. The summed E-state index contributed by atoms with van der Waals surface area (Å²) in [6.07, 6.45) is 6.34. The number of aromatic nitrogens is 2. The third-order valence-corrected chi connectivity index (χ3v) is 4.07. The smallest absolute Gasteiger partial charge is 0.102 e. The maximum Gasteiger partial charge on any atom is 0.102 e. The summed E-state index contributed by atoms with van der Waals surface area (Å²) in [6.45, 7) is 0.211. The number of benzene rings is 1. The van der Waals surface area contributed by atoms with Gasteiger partial charge in [0, 0.05) is 29.7 Å². The Balaban J connectivity index is 1.53. The molecule has 3 N–H and O–H groups in total. The van der Waals surface area contributed by atoms with Gasteiger partial charge in [-0.1, -0.05) is 0 Å².